The second-order valence-electron chi connectivity index (χ2n) is 5.50. The normalized spacial score (nSPS) is 18.3. The van der Waals surface area contributed by atoms with Crippen LogP contribution in [0.4, 0.5) is 0 Å². The molecule has 7 heteroatoms. The highest BCUT2D eigenvalue weighted by Crippen LogP contribution is 2.28. The van der Waals surface area contributed by atoms with Crippen molar-refractivity contribution >= 4 is 33.2 Å². The number of nitrogens with zero attached hydrogens (tertiary/aromatic N) is 2. The molecular formula is C14H20Cl2N2O2S. The lowest BCUT2D eigenvalue weighted by Crippen LogP contribution is -2.44. The van der Waals surface area contributed by atoms with Crippen molar-refractivity contribution in [1.82, 2.24) is 9.21 Å². The van der Waals surface area contributed by atoms with E-state index in [4.69, 9.17) is 23.2 Å². The lowest BCUT2D eigenvalue weighted by atomic mass is 10.1. The molecule has 0 radical (unpaired) electrons. The maximum atomic E-state index is 12.7. The Balaban J connectivity index is 2.23. The van der Waals surface area contributed by atoms with E-state index in [1.807, 2.05) is 14.1 Å². The summed E-state index contributed by atoms with van der Waals surface area (Å²) in [6, 6.07) is 5.34. The first-order valence-electron chi connectivity index (χ1n) is 6.87. The third kappa shape index (κ3) is 3.71. The Kier molecular flexibility index (Phi) is 5.54. The van der Waals surface area contributed by atoms with E-state index in [1.54, 1.807) is 18.2 Å². The fourth-order valence-electron chi connectivity index (χ4n) is 2.57. The van der Waals surface area contributed by atoms with Crippen LogP contribution in [0, 0.1) is 0 Å². The van der Waals surface area contributed by atoms with Crippen LogP contribution in [-0.4, -0.2) is 50.8 Å². The van der Waals surface area contributed by atoms with Crippen molar-refractivity contribution in [2.24, 2.45) is 0 Å². The van der Waals surface area contributed by atoms with Gasteiger partial charge in [0.05, 0.1) is 5.02 Å². The third-order valence-electron chi connectivity index (χ3n) is 3.92. The van der Waals surface area contributed by atoms with Crippen LogP contribution in [0.1, 0.15) is 18.4 Å². The summed E-state index contributed by atoms with van der Waals surface area (Å²) in [7, 11) is 0.497. The van der Waals surface area contributed by atoms with Gasteiger partial charge in [-0.1, -0.05) is 17.7 Å². The molecule has 1 heterocycles. The van der Waals surface area contributed by atoms with Gasteiger partial charge >= 0.3 is 0 Å². The van der Waals surface area contributed by atoms with E-state index in [1.165, 1.54) is 4.31 Å². The summed E-state index contributed by atoms with van der Waals surface area (Å²) < 4.78 is 27.0. The predicted octanol–water partition coefficient (Wildman–Crippen LogP) is 2.79. The van der Waals surface area contributed by atoms with Gasteiger partial charge in [-0.2, -0.15) is 4.31 Å². The van der Waals surface area contributed by atoms with Crippen molar-refractivity contribution in [3.05, 3.63) is 28.8 Å². The summed E-state index contributed by atoms with van der Waals surface area (Å²) in [6.07, 6.45) is 1.66. The van der Waals surface area contributed by atoms with Crippen molar-refractivity contribution in [2.75, 3.05) is 27.2 Å². The Labute approximate surface area is 136 Å². The molecule has 1 aromatic rings. The quantitative estimate of drug-likeness (QED) is 0.784. The average molecular weight is 351 g/mol. The minimum absolute atomic E-state index is 0.158. The number of halogens is 2. The van der Waals surface area contributed by atoms with E-state index >= 15 is 0 Å². The fourth-order valence-corrected chi connectivity index (χ4v) is 4.73. The second kappa shape index (κ2) is 6.84. The molecule has 0 saturated carbocycles. The van der Waals surface area contributed by atoms with Crippen LogP contribution in [0.2, 0.25) is 5.02 Å². The first-order valence-corrected chi connectivity index (χ1v) is 9.22. The second-order valence-corrected chi connectivity index (χ2v) is 8.08. The number of piperidine rings is 1. The highest BCUT2D eigenvalue weighted by molar-refractivity contribution is 7.89. The van der Waals surface area contributed by atoms with E-state index in [2.05, 4.69) is 4.90 Å². The van der Waals surface area contributed by atoms with E-state index in [0.717, 1.165) is 18.4 Å². The summed E-state index contributed by atoms with van der Waals surface area (Å²) in [4.78, 5) is 2.30. The monoisotopic (exact) mass is 350 g/mol. The molecule has 2 rings (SSSR count). The first-order chi connectivity index (χ1) is 9.86. The summed E-state index contributed by atoms with van der Waals surface area (Å²) in [5.41, 5.74) is 0.753. The Bertz CT molecular complexity index is 597. The Morgan fingerprint density at radius 3 is 2.43 bits per heavy atom. The highest BCUT2D eigenvalue weighted by Gasteiger charge is 2.31. The number of rotatable bonds is 4. The van der Waals surface area contributed by atoms with E-state index in [9.17, 15) is 8.42 Å². The molecule has 0 N–H and O–H groups in total. The van der Waals surface area contributed by atoms with Gasteiger partial charge in [0.2, 0.25) is 10.0 Å². The van der Waals surface area contributed by atoms with Crippen LogP contribution in [-0.2, 0) is 15.9 Å². The lowest BCUT2D eigenvalue weighted by Gasteiger charge is -2.34. The Morgan fingerprint density at radius 1 is 1.29 bits per heavy atom. The maximum Gasteiger partial charge on any atom is 0.244 e. The van der Waals surface area contributed by atoms with E-state index in [0.29, 0.717) is 19.1 Å². The average Bonchev–Trinajstić information content (AvgIpc) is 2.47. The van der Waals surface area contributed by atoms with Gasteiger partial charge in [0, 0.05) is 25.0 Å². The van der Waals surface area contributed by atoms with Gasteiger partial charge in [0.15, 0.2) is 0 Å². The van der Waals surface area contributed by atoms with Gasteiger partial charge in [-0.05, 0) is 44.6 Å². The van der Waals surface area contributed by atoms with E-state index < -0.39 is 10.0 Å². The molecule has 0 unspecified atom stereocenters. The van der Waals surface area contributed by atoms with Gasteiger partial charge in [-0.15, -0.1) is 11.6 Å². The van der Waals surface area contributed by atoms with Gasteiger partial charge in [-0.3, -0.25) is 0 Å². The fraction of sp³-hybridized carbons (Fsp3) is 0.571. The molecule has 0 atom stereocenters. The van der Waals surface area contributed by atoms with Crippen LogP contribution in [0.3, 0.4) is 0 Å². The van der Waals surface area contributed by atoms with Gasteiger partial charge in [-0.25, -0.2) is 8.42 Å². The molecule has 1 fully saturated rings. The van der Waals surface area contributed by atoms with Gasteiger partial charge in [0.25, 0.3) is 0 Å². The zero-order valence-corrected chi connectivity index (χ0v) is 14.5. The SMILES string of the molecule is CN(C)C1CCN(S(=O)(=O)c2cc(CCl)ccc2Cl)CC1. The summed E-state index contributed by atoms with van der Waals surface area (Å²) in [5, 5.41) is 0.249. The molecule has 21 heavy (non-hydrogen) atoms. The van der Waals surface area contributed by atoms with Crippen molar-refractivity contribution < 1.29 is 8.42 Å². The van der Waals surface area contributed by atoms with Gasteiger partial charge < -0.3 is 4.90 Å². The molecule has 4 nitrogen and oxygen atoms in total. The summed E-state index contributed by atoms with van der Waals surface area (Å²) in [5.74, 6) is 0.266. The highest BCUT2D eigenvalue weighted by atomic mass is 35.5. The molecular weight excluding hydrogens is 331 g/mol. The van der Waals surface area contributed by atoms with Crippen LogP contribution >= 0.6 is 23.2 Å². The first kappa shape index (κ1) is 17.0. The minimum Gasteiger partial charge on any atom is -0.306 e. The molecule has 0 bridgehead atoms. The summed E-state index contributed by atoms with van der Waals surface area (Å²) in [6.45, 7) is 1.04. The van der Waals surface area contributed by atoms with Crippen molar-refractivity contribution in [3.8, 4) is 0 Å². The molecule has 1 aliphatic heterocycles. The van der Waals surface area contributed by atoms with Crippen LogP contribution in [0.15, 0.2) is 23.1 Å². The molecule has 1 aliphatic rings. The number of alkyl halides is 1. The smallest absolute Gasteiger partial charge is 0.244 e. The molecule has 118 valence electrons. The van der Waals surface area contributed by atoms with E-state index in [-0.39, 0.29) is 15.8 Å². The summed E-state index contributed by atoms with van der Waals surface area (Å²) >= 11 is 11.9. The largest absolute Gasteiger partial charge is 0.306 e. The van der Waals surface area contributed by atoms with Crippen molar-refractivity contribution in [3.63, 3.8) is 0 Å². The number of hydrogen-bond donors (Lipinski definition) is 0. The predicted molar refractivity (Wildman–Crippen MR) is 86.5 cm³/mol. The molecule has 1 saturated heterocycles. The molecule has 0 aromatic heterocycles. The molecule has 0 spiro atoms. The molecule has 0 amide bonds. The van der Waals surface area contributed by atoms with Gasteiger partial charge in [0.1, 0.15) is 4.90 Å². The Morgan fingerprint density at radius 2 is 1.90 bits per heavy atom. The Hall–Kier alpha value is -0.330. The minimum atomic E-state index is -3.55. The molecule has 1 aromatic carbocycles. The van der Waals surface area contributed by atoms with Crippen molar-refractivity contribution in [1.29, 1.82) is 0 Å². The number of sulfonamides is 1. The standard InChI is InChI=1S/C14H20Cl2N2O2S/c1-17(2)12-5-7-18(8-6-12)21(19,20)14-9-11(10-15)3-4-13(14)16/h3-4,9,12H,5-8,10H2,1-2H3. The number of benzene rings is 1. The van der Waals surface area contributed by atoms with Crippen LogP contribution < -0.4 is 0 Å². The number of hydrogen-bond acceptors (Lipinski definition) is 3. The van der Waals surface area contributed by atoms with Crippen LogP contribution in [0.5, 0.6) is 0 Å². The lowest BCUT2D eigenvalue weighted by molar-refractivity contribution is 0.196. The topological polar surface area (TPSA) is 40.6 Å². The maximum absolute atomic E-state index is 12.7. The zero-order valence-electron chi connectivity index (χ0n) is 12.2. The van der Waals surface area contributed by atoms with Crippen LogP contribution in [0.25, 0.3) is 0 Å². The van der Waals surface area contributed by atoms with Crippen molar-refractivity contribution in [2.45, 2.75) is 29.7 Å². The third-order valence-corrected chi connectivity index (χ3v) is 6.61. The zero-order chi connectivity index (χ0) is 15.6. The molecule has 0 aliphatic carbocycles.